The Labute approximate surface area is 727 Å². The molecule has 0 amide bonds. The van der Waals surface area contributed by atoms with Crippen LogP contribution < -0.4 is 9.47 Å². The van der Waals surface area contributed by atoms with Crippen LogP contribution in [0, 0.1) is 47.3 Å². The molecule has 0 unspecified atom stereocenters. The van der Waals surface area contributed by atoms with E-state index in [1.165, 1.54) is 35.9 Å². The largest absolute Gasteiger partial charge is 0.491 e. The summed E-state index contributed by atoms with van der Waals surface area (Å²) in [5.74, 6) is -8.67. The summed E-state index contributed by atoms with van der Waals surface area (Å²) in [5.41, 5.74) is 1.05. The van der Waals surface area contributed by atoms with Gasteiger partial charge in [0.2, 0.25) is 0 Å². The molecule has 21 nitrogen and oxygen atoms in total. The zero-order valence-electron chi connectivity index (χ0n) is 73.6. The van der Waals surface area contributed by atoms with Crippen LogP contribution in [-0.4, -0.2) is 190 Å². The van der Waals surface area contributed by atoms with Crippen molar-refractivity contribution in [3.63, 3.8) is 0 Å². The maximum atomic E-state index is 14.2. The molecular weight excluding hydrogens is 1590 g/mol. The predicted molar refractivity (Wildman–Crippen MR) is 468 cm³/mol. The number of ether oxygens (including phenoxy) is 5. The molecule has 25 heteroatoms. The first-order valence-corrected chi connectivity index (χ1v) is 44.6. The fourth-order valence-electron chi connectivity index (χ4n) is 15.8. The van der Waals surface area contributed by atoms with E-state index in [0.717, 1.165) is 57.9 Å². The predicted octanol–water partition coefficient (Wildman–Crippen LogP) is 16.4. The molecule has 0 bridgehead atoms. The SMILES string of the molecule is CC(C)OC(=O)CCC/C=C\C[C@@H]1[C@@H](/C=C/C(F)(F)COc2ccccc2)[C@H](O)C[C@@H]1O.CC(C)OC(=O)CCC/C=C\C[C@@H]1[C@@H](/C=C/[C@@H](O)COc2cccc(C(C)(F)F)c2)[C@H](O)C[C@@H]1O.CC(C)OC(=O)CCC/C=C\C[C@@H]1[C@@H](CC[C@@H](O)CCc2ccccc2)[C@H](O)C[C@@H]1O.CCCCC[C@H](O)/C=C/[C@@H]1[C@@H](C/C=C\CCCC(=O)O)[C@@H](O)C[C@H]1O. The Morgan fingerprint density at radius 2 is 0.854 bits per heavy atom. The van der Waals surface area contributed by atoms with Crippen LogP contribution in [0.25, 0.3) is 0 Å². The van der Waals surface area contributed by atoms with Crippen molar-refractivity contribution in [3.8, 4) is 11.5 Å². The molecule has 0 radical (unpaired) electrons. The Kier molecular flexibility index (Phi) is 52.2. The van der Waals surface area contributed by atoms with Crippen LogP contribution in [0.1, 0.15) is 240 Å². The Morgan fingerprint density at radius 3 is 1.30 bits per heavy atom. The summed E-state index contributed by atoms with van der Waals surface area (Å²) in [4.78, 5) is 45.1. The van der Waals surface area contributed by atoms with Gasteiger partial charge in [0.05, 0.1) is 79.4 Å². The number of carbonyl (C=O) groups is 4. The number of unbranched alkanes of at least 4 members (excludes halogenated alkanes) is 6. The summed E-state index contributed by atoms with van der Waals surface area (Å²) in [7, 11) is 0. The van der Waals surface area contributed by atoms with Crippen molar-refractivity contribution in [2.45, 2.75) is 332 Å². The number of hydrogen-bond donors (Lipinski definition) is 12. The Morgan fingerprint density at radius 1 is 0.447 bits per heavy atom. The minimum absolute atomic E-state index is 0.00652. The fourth-order valence-corrected chi connectivity index (χ4v) is 15.8. The summed E-state index contributed by atoms with van der Waals surface area (Å²) in [5, 5.41) is 122. The average molecular weight is 1740 g/mol. The van der Waals surface area contributed by atoms with Crippen LogP contribution in [0.5, 0.6) is 11.5 Å². The molecule has 19 atom stereocenters. The number of aliphatic carboxylic acids is 1. The summed E-state index contributed by atoms with van der Waals surface area (Å²) in [6, 6.07) is 24.1. The lowest BCUT2D eigenvalue weighted by Gasteiger charge is -2.23. The van der Waals surface area contributed by atoms with Gasteiger partial charge in [0, 0.05) is 75.2 Å². The number of carboxylic acid groups (broad SMARTS) is 1. The summed E-state index contributed by atoms with van der Waals surface area (Å²) in [6.07, 6.45) is 34.3. The third kappa shape index (κ3) is 45.6. The number of allylic oxidation sites excluding steroid dienone is 8. The molecule has 12 N–H and O–H groups in total. The average Bonchev–Trinajstić information content (AvgIpc) is 1.70. The molecule has 0 aromatic heterocycles. The highest BCUT2D eigenvalue weighted by Gasteiger charge is 2.44. The summed E-state index contributed by atoms with van der Waals surface area (Å²) < 4.78 is 81.3. The van der Waals surface area contributed by atoms with Crippen molar-refractivity contribution in [1.29, 1.82) is 0 Å². The van der Waals surface area contributed by atoms with E-state index in [4.69, 9.17) is 28.8 Å². The van der Waals surface area contributed by atoms with Gasteiger partial charge in [-0.15, -0.1) is 0 Å². The van der Waals surface area contributed by atoms with Crippen LogP contribution in [0.15, 0.2) is 170 Å². The molecule has 3 aromatic carbocycles. The number of benzene rings is 3. The highest BCUT2D eigenvalue weighted by Crippen LogP contribution is 2.42. The van der Waals surface area contributed by atoms with Crippen molar-refractivity contribution >= 4 is 23.9 Å². The van der Waals surface area contributed by atoms with Gasteiger partial charge >= 0.3 is 23.9 Å². The van der Waals surface area contributed by atoms with Gasteiger partial charge < -0.3 is 85.0 Å². The van der Waals surface area contributed by atoms with Crippen LogP contribution in [0.4, 0.5) is 17.6 Å². The number of esters is 3. The molecule has 4 aliphatic rings. The Balaban J connectivity index is 0.000000346. The molecule has 4 aliphatic carbocycles. The van der Waals surface area contributed by atoms with Gasteiger partial charge in [-0.05, 0) is 223 Å². The zero-order valence-corrected chi connectivity index (χ0v) is 73.6. The smallest absolute Gasteiger partial charge is 0.306 e. The molecule has 0 saturated heterocycles. The van der Waals surface area contributed by atoms with E-state index < -0.39 is 97.5 Å². The lowest BCUT2D eigenvalue weighted by atomic mass is 9.85. The highest BCUT2D eigenvalue weighted by atomic mass is 19.3. The molecule has 0 spiro atoms. The normalized spacial score (nSPS) is 25.0. The second kappa shape index (κ2) is 59.5. The molecule has 4 saturated carbocycles. The van der Waals surface area contributed by atoms with Gasteiger partial charge in [-0.1, -0.05) is 166 Å². The molecule has 7 rings (SSSR count). The third-order valence-electron chi connectivity index (χ3n) is 22.3. The van der Waals surface area contributed by atoms with Crippen LogP contribution in [0.3, 0.4) is 0 Å². The number of aliphatic hydroxyl groups excluding tert-OH is 11. The van der Waals surface area contributed by atoms with Crippen LogP contribution in [0.2, 0.25) is 0 Å². The standard InChI is InChI=1S/C27H38F2O6.C26H40O5.C25H34F2O5.C20H34O5/c1-18(2)35-26(33)12-7-5-4-6-11-22-23(25(32)16-24(22)31)14-13-20(30)17-34-21-10-8-9-19(15-21)27(3,28)29;1-19(2)31-26(30)13-9-4-3-8-12-22-23(25(29)18-24(22)28)17-16-21(27)15-14-20-10-6-5-7-11-20;1-18(2)32-24(30)13-9-4-3-8-12-20-21(23(29)16-22(20)28)14-15-25(26,27)17-31-19-10-6-5-7-11-19;1-2-3-6-9-15(21)12-13-17-16(18(22)14-19(17)23)10-7-4-5-8-11-20(24)25/h4,6,8-10,13-15,18,20,22-25,30-32H,5,7,11-12,16-17H2,1-3H3;3,5-8,10-11,19,21-25,27-29H,4,9,12-18H2,1-2H3;3,5-8,10-11,14-15,18,20-23,28-29H,4,9,12-13,16-17H2,1-2H3;4,7,12-13,15-19,21-23H,2-3,5-6,8-11,14H2,1H3,(H,24,25)/b6-4-,14-13+;8-3-;8-3-,15-14+;7-4-,13-12+/t20-,22-,23-,24+,25-;21-,22+,23+,24-,25+;20-,21-,22+,23-;15-,16+,17+,18-,19+/m1010/s1. The molecular formula is C98H146F4O21. The molecule has 692 valence electrons. The first kappa shape index (κ1) is 108. The Bertz CT molecular complexity index is 3600. The van der Waals surface area contributed by atoms with Crippen molar-refractivity contribution in [3.05, 3.63) is 181 Å². The highest BCUT2D eigenvalue weighted by molar-refractivity contribution is 5.70. The van der Waals surface area contributed by atoms with Crippen molar-refractivity contribution < 1.29 is 122 Å². The van der Waals surface area contributed by atoms with Gasteiger partial charge in [-0.25, -0.2) is 8.78 Å². The van der Waals surface area contributed by atoms with Crippen LogP contribution in [-0.2, 0) is 45.7 Å². The number of carbonyl (C=O) groups excluding carboxylic acids is 3. The van der Waals surface area contributed by atoms with Crippen molar-refractivity contribution in [2.75, 3.05) is 13.2 Å². The topological polar surface area (TPSA) is 357 Å². The number of halogens is 4. The van der Waals surface area contributed by atoms with Gasteiger partial charge in [-0.2, -0.15) is 8.78 Å². The zero-order chi connectivity index (χ0) is 90.9. The monoisotopic (exact) mass is 1740 g/mol. The van der Waals surface area contributed by atoms with Gasteiger partial charge in [0.15, 0.2) is 6.61 Å². The number of aliphatic hydroxyl groups is 11. The Hall–Kier alpha value is -7.40. The number of alkyl halides is 4. The van der Waals surface area contributed by atoms with Crippen molar-refractivity contribution in [2.24, 2.45) is 47.3 Å². The van der Waals surface area contributed by atoms with E-state index in [1.807, 2.05) is 94.5 Å². The molecule has 123 heavy (non-hydrogen) atoms. The minimum atomic E-state index is -3.20. The van der Waals surface area contributed by atoms with E-state index in [0.29, 0.717) is 121 Å². The minimum Gasteiger partial charge on any atom is -0.491 e. The number of aryl methyl sites for hydroxylation is 1. The lowest BCUT2D eigenvalue weighted by Crippen LogP contribution is -2.25. The van der Waals surface area contributed by atoms with Gasteiger partial charge in [0.1, 0.15) is 24.2 Å². The summed E-state index contributed by atoms with van der Waals surface area (Å²) >= 11 is 0. The van der Waals surface area contributed by atoms with Crippen LogP contribution >= 0.6 is 0 Å². The number of para-hydroxylation sites is 1. The molecule has 0 aliphatic heterocycles. The van der Waals surface area contributed by atoms with E-state index in [1.54, 1.807) is 62.4 Å². The van der Waals surface area contributed by atoms with E-state index in [9.17, 15) is 92.9 Å². The maximum absolute atomic E-state index is 14.2. The van der Waals surface area contributed by atoms with E-state index in [-0.39, 0.29) is 115 Å². The number of hydrogen-bond acceptors (Lipinski definition) is 20. The number of carboxylic acids is 1. The number of rotatable bonds is 50. The first-order valence-electron chi connectivity index (χ1n) is 44.6. The van der Waals surface area contributed by atoms with E-state index in [2.05, 4.69) is 25.1 Å². The van der Waals surface area contributed by atoms with Gasteiger partial charge in [-0.3, -0.25) is 19.2 Å². The fraction of sp³-hybridized carbons (Fsp3) is 0.633. The summed E-state index contributed by atoms with van der Waals surface area (Å²) in [6.45, 7) is 12.9. The van der Waals surface area contributed by atoms with E-state index >= 15 is 0 Å². The molecule has 4 fully saturated rings. The lowest BCUT2D eigenvalue weighted by molar-refractivity contribution is -0.148. The second-order valence-electron chi connectivity index (χ2n) is 34.0. The first-order chi connectivity index (χ1) is 58.5. The molecule has 3 aromatic rings. The second-order valence-corrected chi connectivity index (χ2v) is 34.0. The van der Waals surface area contributed by atoms with Crippen molar-refractivity contribution in [1.82, 2.24) is 0 Å². The maximum Gasteiger partial charge on any atom is 0.306 e. The van der Waals surface area contributed by atoms with Gasteiger partial charge in [0.25, 0.3) is 11.8 Å². The quantitative estimate of drug-likeness (QED) is 0.00821. The molecule has 0 heterocycles. The third-order valence-corrected chi connectivity index (χ3v) is 22.3.